The Morgan fingerprint density at radius 3 is 2.33 bits per heavy atom. The molecule has 1 unspecified atom stereocenters. The van der Waals surface area contributed by atoms with Crippen LogP contribution in [0.4, 0.5) is 0 Å². The Morgan fingerprint density at radius 2 is 1.75 bits per heavy atom. The molecular weight excluding hydrogens is 348 g/mol. The Bertz CT molecular complexity index is 836. The second kappa shape index (κ2) is 7.34. The summed E-state index contributed by atoms with van der Waals surface area (Å²) in [5.41, 5.74) is 1.07. The summed E-state index contributed by atoms with van der Waals surface area (Å²) in [7, 11) is -0.772. The molecule has 2 aromatic carbocycles. The average molecular weight is 367 g/mol. The number of nitrogens with one attached hydrogen (secondary N) is 1. The van der Waals surface area contributed by atoms with Crippen molar-refractivity contribution in [3.63, 3.8) is 0 Å². The van der Waals surface area contributed by atoms with Crippen molar-refractivity contribution in [2.24, 2.45) is 0 Å². The first kappa shape index (κ1) is 18.4. The fourth-order valence-electron chi connectivity index (χ4n) is 2.15. The number of sulfonamides is 1. The molecule has 0 saturated heterocycles. The lowest BCUT2D eigenvalue weighted by Crippen LogP contribution is -2.27. The highest BCUT2D eigenvalue weighted by Crippen LogP contribution is 2.23. The van der Waals surface area contributed by atoms with Crippen LogP contribution in [0.1, 0.15) is 28.9 Å². The van der Waals surface area contributed by atoms with E-state index < -0.39 is 15.9 Å². The van der Waals surface area contributed by atoms with E-state index in [2.05, 4.69) is 5.32 Å². The topological polar surface area (TPSA) is 66.5 Å². The van der Waals surface area contributed by atoms with Crippen LogP contribution in [-0.2, 0) is 10.0 Å². The van der Waals surface area contributed by atoms with Gasteiger partial charge in [0.15, 0.2) is 0 Å². The van der Waals surface area contributed by atoms with Gasteiger partial charge >= 0.3 is 0 Å². The molecular formula is C17H19ClN2O3S. The van der Waals surface area contributed by atoms with Crippen molar-refractivity contribution in [2.75, 3.05) is 14.1 Å². The Kier molecular flexibility index (Phi) is 5.64. The second-order valence-corrected chi connectivity index (χ2v) is 8.09. The number of rotatable bonds is 5. The van der Waals surface area contributed by atoms with Crippen LogP contribution >= 0.6 is 11.6 Å². The minimum absolute atomic E-state index is 0.0226. The normalized spacial score (nSPS) is 12.9. The van der Waals surface area contributed by atoms with Crippen LogP contribution in [0.5, 0.6) is 0 Å². The van der Waals surface area contributed by atoms with Gasteiger partial charge in [-0.15, -0.1) is 0 Å². The summed E-state index contributed by atoms with van der Waals surface area (Å²) >= 11 is 6.08. The standard InChI is InChI=1S/C17H19ClN2O3S/c1-12(13-7-5-4-6-8-13)19-17(21)15-11-14(9-10-16(15)18)24(22,23)20(2)3/h4-12H,1-3H3,(H,19,21). The van der Waals surface area contributed by atoms with Gasteiger partial charge in [0.25, 0.3) is 5.91 Å². The fourth-order valence-corrected chi connectivity index (χ4v) is 3.28. The molecule has 0 aliphatic rings. The first-order valence-electron chi connectivity index (χ1n) is 7.31. The smallest absolute Gasteiger partial charge is 0.253 e. The molecule has 7 heteroatoms. The molecule has 0 heterocycles. The third-order valence-corrected chi connectivity index (χ3v) is 5.75. The van der Waals surface area contributed by atoms with Gasteiger partial charge in [-0.2, -0.15) is 0 Å². The van der Waals surface area contributed by atoms with E-state index in [0.717, 1.165) is 9.87 Å². The molecule has 5 nitrogen and oxygen atoms in total. The predicted octanol–water partition coefficient (Wildman–Crippen LogP) is 3.08. The summed E-state index contributed by atoms with van der Waals surface area (Å²) in [6.45, 7) is 1.85. The van der Waals surface area contributed by atoms with Crippen molar-refractivity contribution < 1.29 is 13.2 Å². The Labute approximate surface area is 147 Å². The highest BCUT2D eigenvalue weighted by atomic mass is 35.5. The molecule has 1 atom stereocenters. The number of hydrogen-bond acceptors (Lipinski definition) is 3. The second-order valence-electron chi connectivity index (χ2n) is 5.53. The van der Waals surface area contributed by atoms with Gasteiger partial charge in [-0.25, -0.2) is 12.7 Å². The van der Waals surface area contributed by atoms with Crippen molar-refractivity contribution in [3.8, 4) is 0 Å². The van der Waals surface area contributed by atoms with Gasteiger partial charge in [0.2, 0.25) is 10.0 Å². The van der Waals surface area contributed by atoms with Gasteiger partial charge in [0, 0.05) is 14.1 Å². The van der Waals surface area contributed by atoms with Crippen LogP contribution < -0.4 is 5.32 Å². The molecule has 0 bridgehead atoms. The molecule has 0 spiro atoms. The molecule has 0 aliphatic carbocycles. The van der Waals surface area contributed by atoms with Crippen molar-refractivity contribution in [1.82, 2.24) is 9.62 Å². The molecule has 1 N–H and O–H groups in total. The summed E-state index contributed by atoms with van der Waals surface area (Å²) in [4.78, 5) is 12.5. The third kappa shape index (κ3) is 3.95. The molecule has 0 radical (unpaired) electrons. The highest BCUT2D eigenvalue weighted by molar-refractivity contribution is 7.89. The lowest BCUT2D eigenvalue weighted by atomic mass is 10.1. The van der Waals surface area contributed by atoms with Crippen molar-refractivity contribution in [3.05, 3.63) is 64.7 Å². The maximum atomic E-state index is 12.5. The zero-order valence-electron chi connectivity index (χ0n) is 13.7. The molecule has 0 aliphatic heterocycles. The molecule has 2 rings (SSSR count). The van der Waals surface area contributed by atoms with E-state index in [0.29, 0.717) is 0 Å². The van der Waals surface area contributed by atoms with Crippen LogP contribution in [0.15, 0.2) is 53.4 Å². The minimum atomic E-state index is -3.64. The molecule has 0 saturated carbocycles. The minimum Gasteiger partial charge on any atom is -0.345 e. The summed E-state index contributed by atoms with van der Waals surface area (Å²) < 4.78 is 25.5. The average Bonchev–Trinajstić information content (AvgIpc) is 2.55. The number of halogens is 1. The van der Waals surface area contributed by atoms with Gasteiger partial charge in [0.05, 0.1) is 21.5 Å². The van der Waals surface area contributed by atoms with E-state index in [1.54, 1.807) is 0 Å². The summed E-state index contributed by atoms with van der Waals surface area (Å²) in [5.74, 6) is -0.424. The lowest BCUT2D eigenvalue weighted by molar-refractivity contribution is 0.0940. The van der Waals surface area contributed by atoms with Crippen LogP contribution in [-0.4, -0.2) is 32.7 Å². The van der Waals surface area contributed by atoms with Gasteiger partial charge < -0.3 is 5.32 Å². The van der Waals surface area contributed by atoms with E-state index in [4.69, 9.17) is 11.6 Å². The number of carbonyl (C=O) groups excluding carboxylic acids is 1. The summed E-state index contributed by atoms with van der Waals surface area (Å²) in [6, 6.07) is 13.3. The van der Waals surface area contributed by atoms with Crippen LogP contribution in [0.25, 0.3) is 0 Å². The van der Waals surface area contributed by atoms with Crippen LogP contribution in [0, 0.1) is 0 Å². The first-order chi connectivity index (χ1) is 11.2. The van der Waals surface area contributed by atoms with E-state index in [1.165, 1.54) is 32.3 Å². The van der Waals surface area contributed by atoms with E-state index in [9.17, 15) is 13.2 Å². The van der Waals surface area contributed by atoms with E-state index in [-0.39, 0.29) is 21.5 Å². The number of nitrogens with zero attached hydrogens (tertiary/aromatic N) is 1. The van der Waals surface area contributed by atoms with Crippen molar-refractivity contribution in [1.29, 1.82) is 0 Å². The van der Waals surface area contributed by atoms with Gasteiger partial charge in [-0.1, -0.05) is 41.9 Å². The zero-order valence-corrected chi connectivity index (χ0v) is 15.2. The number of benzene rings is 2. The maximum absolute atomic E-state index is 12.5. The van der Waals surface area contributed by atoms with E-state index >= 15 is 0 Å². The highest BCUT2D eigenvalue weighted by Gasteiger charge is 2.21. The van der Waals surface area contributed by atoms with Crippen LogP contribution in [0.3, 0.4) is 0 Å². The monoisotopic (exact) mass is 366 g/mol. The van der Waals surface area contributed by atoms with E-state index in [1.807, 2.05) is 37.3 Å². The van der Waals surface area contributed by atoms with Crippen LogP contribution in [0.2, 0.25) is 5.02 Å². The molecule has 1 amide bonds. The Hall–Kier alpha value is -1.89. The number of amides is 1. The zero-order chi connectivity index (χ0) is 17.9. The van der Waals surface area contributed by atoms with Crippen molar-refractivity contribution in [2.45, 2.75) is 17.9 Å². The first-order valence-corrected chi connectivity index (χ1v) is 9.13. The third-order valence-electron chi connectivity index (χ3n) is 3.61. The fraction of sp³-hybridized carbons (Fsp3) is 0.235. The van der Waals surface area contributed by atoms with Gasteiger partial charge in [-0.05, 0) is 30.7 Å². The summed E-state index contributed by atoms with van der Waals surface area (Å²) in [5, 5.41) is 3.03. The molecule has 24 heavy (non-hydrogen) atoms. The van der Waals surface area contributed by atoms with Gasteiger partial charge in [0.1, 0.15) is 0 Å². The Morgan fingerprint density at radius 1 is 1.12 bits per heavy atom. The lowest BCUT2D eigenvalue weighted by Gasteiger charge is -2.16. The quantitative estimate of drug-likeness (QED) is 0.884. The maximum Gasteiger partial charge on any atom is 0.253 e. The van der Waals surface area contributed by atoms with Crippen molar-refractivity contribution >= 4 is 27.5 Å². The molecule has 0 aromatic heterocycles. The Balaban J connectivity index is 2.30. The predicted molar refractivity (Wildman–Crippen MR) is 94.6 cm³/mol. The molecule has 2 aromatic rings. The SMILES string of the molecule is CC(NC(=O)c1cc(S(=O)(=O)N(C)C)ccc1Cl)c1ccccc1. The van der Waals surface area contributed by atoms with Gasteiger partial charge in [-0.3, -0.25) is 4.79 Å². The molecule has 128 valence electrons. The molecule has 0 fully saturated rings. The number of hydrogen-bond donors (Lipinski definition) is 1. The summed E-state index contributed by atoms with van der Waals surface area (Å²) in [6.07, 6.45) is 0. The largest absolute Gasteiger partial charge is 0.345 e. The number of carbonyl (C=O) groups is 1.